The third kappa shape index (κ3) is 5.52. The Morgan fingerprint density at radius 3 is 2.56 bits per heavy atom. The van der Waals surface area contributed by atoms with Crippen LogP contribution in [0, 0.1) is 11.8 Å². The standard InChI is InChI=1S/C16H27NO/c1-14(2)7-4-8-15(3)9-5-11-17-12-6-10-16(17)13-18/h6,10,12-15H,4-5,7-9,11H2,1-3H3/t15-/m1/s1. The minimum atomic E-state index is 0.794. The minimum absolute atomic E-state index is 0.794. The summed E-state index contributed by atoms with van der Waals surface area (Å²) in [6, 6.07) is 3.81. The zero-order valence-corrected chi connectivity index (χ0v) is 12.1. The Balaban J connectivity index is 2.15. The Hall–Kier alpha value is -1.05. The average molecular weight is 249 g/mol. The predicted octanol–water partition coefficient (Wildman–Crippen LogP) is 4.54. The van der Waals surface area contributed by atoms with Gasteiger partial charge in [0.15, 0.2) is 6.29 Å². The van der Waals surface area contributed by atoms with E-state index in [-0.39, 0.29) is 0 Å². The van der Waals surface area contributed by atoms with Crippen LogP contribution in [0.1, 0.15) is 63.4 Å². The van der Waals surface area contributed by atoms with Crippen LogP contribution in [-0.2, 0) is 6.54 Å². The lowest BCUT2D eigenvalue weighted by Gasteiger charge is -2.13. The molecule has 1 aromatic rings. The van der Waals surface area contributed by atoms with E-state index in [0.717, 1.165) is 30.4 Å². The van der Waals surface area contributed by atoms with Crippen molar-refractivity contribution >= 4 is 6.29 Å². The summed E-state index contributed by atoms with van der Waals surface area (Å²) in [6.45, 7) is 7.89. The molecule has 0 radical (unpaired) electrons. The third-order valence-electron chi connectivity index (χ3n) is 3.56. The second kappa shape index (κ2) is 8.12. The number of nitrogens with zero attached hydrogens (tertiary/aromatic N) is 1. The molecule has 0 saturated heterocycles. The van der Waals surface area contributed by atoms with E-state index in [1.165, 1.54) is 32.1 Å². The Kier molecular flexibility index (Phi) is 6.77. The molecule has 1 heterocycles. The van der Waals surface area contributed by atoms with E-state index in [1.54, 1.807) is 0 Å². The van der Waals surface area contributed by atoms with Crippen LogP contribution in [0.5, 0.6) is 0 Å². The molecule has 0 N–H and O–H groups in total. The van der Waals surface area contributed by atoms with E-state index in [4.69, 9.17) is 0 Å². The molecule has 18 heavy (non-hydrogen) atoms. The summed E-state index contributed by atoms with van der Waals surface area (Å²) in [5.41, 5.74) is 0.794. The van der Waals surface area contributed by atoms with Crippen molar-refractivity contribution in [1.29, 1.82) is 0 Å². The summed E-state index contributed by atoms with van der Waals surface area (Å²) in [4.78, 5) is 10.8. The van der Waals surface area contributed by atoms with E-state index in [2.05, 4.69) is 20.8 Å². The van der Waals surface area contributed by atoms with Crippen LogP contribution in [0.15, 0.2) is 18.3 Å². The first-order valence-electron chi connectivity index (χ1n) is 7.23. The van der Waals surface area contributed by atoms with Crippen molar-refractivity contribution in [2.24, 2.45) is 11.8 Å². The van der Waals surface area contributed by atoms with Crippen LogP contribution in [0.25, 0.3) is 0 Å². The second-order valence-electron chi connectivity index (χ2n) is 5.82. The van der Waals surface area contributed by atoms with E-state index in [1.807, 2.05) is 22.9 Å². The van der Waals surface area contributed by atoms with Gasteiger partial charge in [0, 0.05) is 12.7 Å². The third-order valence-corrected chi connectivity index (χ3v) is 3.56. The number of carbonyl (C=O) groups is 1. The Morgan fingerprint density at radius 2 is 1.89 bits per heavy atom. The van der Waals surface area contributed by atoms with Crippen molar-refractivity contribution in [1.82, 2.24) is 4.57 Å². The fourth-order valence-corrected chi connectivity index (χ4v) is 2.37. The van der Waals surface area contributed by atoms with Gasteiger partial charge in [0.25, 0.3) is 0 Å². The first-order valence-corrected chi connectivity index (χ1v) is 7.23. The number of rotatable bonds is 9. The number of hydrogen-bond acceptors (Lipinski definition) is 1. The summed E-state index contributed by atoms with van der Waals surface area (Å²) >= 11 is 0. The highest BCUT2D eigenvalue weighted by molar-refractivity contribution is 5.72. The van der Waals surface area contributed by atoms with Crippen molar-refractivity contribution in [3.05, 3.63) is 24.0 Å². The lowest BCUT2D eigenvalue weighted by Crippen LogP contribution is -2.03. The molecular formula is C16H27NO. The topological polar surface area (TPSA) is 22.0 Å². The highest BCUT2D eigenvalue weighted by atomic mass is 16.1. The average Bonchev–Trinajstić information content (AvgIpc) is 2.76. The first-order chi connectivity index (χ1) is 8.63. The maximum absolute atomic E-state index is 10.8. The van der Waals surface area contributed by atoms with E-state index in [0.29, 0.717) is 0 Å². The zero-order chi connectivity index (χ0) is 13.4. The van der Waals surface area contributed by atoms with Gasteiger partial charge in [-0.25, -0.2) is 0 Å². The molecule has 0 bridgehead atoms. The van der Waals surface area contributed by atoms with Gasteiger partial charge in [-0.2, -0.15) is 0 Å². The van der Waals surface area contributed by atoms with Gasteiger partial charge in [-0.1, -0.05) is 40.0 Å². The van der Waals surface area contributed by atoms with Crippen molar-refractivity contribution in [2.75, 3.05) is 0 Å². The smallest absolute Gasteiger partial charge is 0.166 e. The second-order valence-corrected chi connectivity index (χ2v) is 5.82. The Bertz CT molecular complexity index is 341. The molecule has 1 aromatic heterocycles. The maximum atomic E-state index is 10.8. The van der Waals surface area contributed by atoms with Crippen LogP contribution in [0.4, 0.5) is 0 Å². The van der Waals surface area contributed by atoms with Crippen LogP contribution in [0.2, 0.25) is 0 Å². The minimum Gasteiger partial charge on any atom is -0.345 e. The van der Waals surface area contributed by atoms with Gasteiger partial charge in [0.1, 0.15) is 0 Å². The monoisotopic (exact) mass is 249 g/mol. The summed E-state index contributed by atoms with van der Waals surface area (Å²) in [6.07, 6.45) is 9.38. The fraction of sp³-hybridized carbons (Fsp3) is 0.688. The number of aryl methyl sites for hydroxylation is 1. The normalized spacial score (nSPS) is 12.9. The van der Waals surface area contributed by atoms with Crippen LogP contribution in [-0.4, -0.2) is 10.9 Å². The van der Waals surface area contributed by atoms with E-state index < -0.39 is 0 Å². The van der Waals surface area contributed by atoms with Gasteiger partial charge < -0.3 is 4.57 Å². The molecule has 102 valence electrons. The van der Waals surface area contributed by atoms with Crippen LogP contribution >= 0.6 is 0 Å². The summed E-state index contributed by atoms with van der Waals surface area (Å²) in [7, 11) is 0. The summed E-state index contributed by atoms with van der Waals surface area (Å²) < 4.78 is 2.05. The summed E-state index contributed by atoms with van der Waals surface area (Å²) in [5.74, 6) is 1.63. The van der Waals surface area contributed by atoms with Gasteiger partial charge in [0.2, 0.25) is 0 Å². The van der Waals surface area contributed by atoms with Gasteiger partial charge in [-0.05, 0) is 36.8 Å². The highest BCUT2D eigenvalue weighted by Crippen LogP contribution is 2.17. The van der Waals surface area contributed by atoms with Crippen molar-refractivity contribution in [3.63, 3.8) is 0 Å². The molecule has 2 heteroatoms. The zero-order valence-electron chi connectivity index (χ0n) is 12.1. The van der Waals surface area contributed by atoms with E-state index in [9.17, 15) is 4.79 Å². The van der Waals surface area contributed by atoms with Gasteiger partial charge in [0.05, 0.1) is 5.69 Å². The molecule has 0 spiro atoms. The highest BCUT2D eigenvalue weighted by Gasteiger charge is 2.04. The predicted molar refractivity (Wildman–Crippen MR) is 76.9 cm³/mol. The number of aldehydes is 1. The van der Waals surface area contributed by atoms with Gasteiger partial charge >= 0.3 is 0 Å². The fourth-order valence-electron chi connectivity index (χ4n) is 2.37. The molecule has 1 atom stereocenters. The van der Waals surface area contributed by atoms with E-state index >= 15 is 0 Å². The molecule has 0 aromatic carbocycles. The molecule has 0 unspecified atom stereocenters. The van der Waals surface area contributed by atoms with Crippen molar-refractivity contribution in [3.8, 4) is 0 Å². The summed E-state index contributed by atoms with van der Waals surface area (Å²) in [5, 5.41) is 0. The maximum Gasteiger partial charge on any atom is 0.166 e. The molecule has 0 fully saturated rings. The Morgan fingerprint density at radius 1 is 1.17 bits per heavy atom. The quantitative estimate of drug-likeness (QED) is 0.589. The van der Waals surface area contributed by atoms with Crippen molar-refractivity contribution in [2.45, 2.75) is 59.4 Å². The van der Waals surface area contributed by atoms with Gasteiger partial charge in [-0.15, -0.1) is 0 Å². The molecule has 0 aliphatic carbocycles. The number of aromatic nitrogens is 1. The lowest BCUT2D eigenvalue weighted by atomic mass is 9.96. The molecular weight excluding hydrogens is 222 g/mol. The number of hydrogen-bond donors (Lipinski definition) is 0. The SMILES string of the molecule is CC(C)CCC[C@@H](C)CCCn1cccc1C=O. The molecule has 0 amide bonds. The molecule has 0 aliphatic rings. The molecule has 1 rings (SSSR count). The first kappa shape index (κ1) is 15.0. The lowest BCUT2D eigenvalue weighted by molar-refractivity contribution is 0.111. The Labute approximate surface area is 111 Å². The molecule has 0 saturated carbocycles. The van der Waals surface area contributed by atoms with Crippen molar-refractivity contribution < 1.29 is 4.79 Å². The van der Waals surface area contributed by atoms with Crippen LogP contribution < -0.4 is 0 Å². The molecule has 0 aliphatic heterocycles. The van der Waals surface area contributed by atoms with Crippen LogP contribution in [0.3, 0.4) is 0 Å². The molecule has 2 nitrogen and oxygen atoms in total. The van der Waals surface area contributed by atoms with Gasteiger partial charge in [-0.3, -0.25) is 4.79 Å². The largest absolute Gasteiger partial charge is 0.345 e. The number of carbonyl (C=O) groups excluding carboxylic acids is 1.